The fraction of sp³-hybridized carbons (Fsp3) is 0.200. The summed E-state index contributed by atoms with van der Waals surface area (Å²) in [7, 11) is 0. The lowest BCUT2D eigenvalue weighted by molar-refractivity contribution is 0.638. The van der Waals surface area contributed by atoms with E-state index in [-0.39, 0.29) is 0 Å². The highest BCUT2D eigenvalue weighted by Gasteiger charge is 1.93. The summed E-state index contributed by atoms with van der Waals surface area (Å²) in [6, 6.07) is 5.59. The van der Waals surface area contributed by atoms with Crippen LogP contribution in [0.2, 0.25) is 0 Å². The largest absolute Gasteiger partial charge is 0.384 e. The predicted octanol–water partition coefficient (Wildman–Crippen LogP) is 0.972. The second kappa shape index (κ2) is 4.45. The molecule has 5 nitrogen and oxygen atoms in total. The minimum Gasteiger partial charge on any atom is -0.384 e. The molecule has 0 aromatic carbocycles. The van der Waals surface area contributed by atoms with Crippen molar-refractivity contribution in [1.82, 2.24) is 14.8 Å². The van der Waals surface area contributed by atoms with Crippen molar-refractivity contribution in [2.24, 2.45) is 0 Å². The van der Waals surface area contributed by atoms with Crippen molar-refractivity contribution in [2.75, 3.05) is 17.6 Å². The fourth-order valence-corrected chi connectivity index (χ4v) is 1.26. The van der Waals surface area contributed by atoms with Crippen LogP contribution in [0.1, 0.15) is 0 Å². The van der Waals surface area contributed by atoms with Gasteiger partial charge in [0.25, 0.3) is 0 Å². The van der Waals surface area contributed by atoms with E-state index >= 15 is 0 Å². The molecule has 0 atom stereocenters. The van der Waals surface area contributed by atoms with E-state index < -0.39 is 0 Å². The lowest BCUT2D eigenvalue weighted by atomic mass is 10.4. The fourth-order valence-electron chi connectivity index (χ4n) is 1.26. The molecule has 0 aliphatic carbocycles. The van der Waals surface area contributed by atoms with Gasteiger partial charge in [0.2, 0.25) is 0 Å². The van der Waals surface area contributed by atoms with E-state index in [9.17, 15) is 0 Å². The monoisotopic (exact) mass is 203 g/mol. The van der Waals surface area contributed by atoms with Gasteiger partial charge < -0.3 is 11.1 Å². The van der Waals surface area contributed by atoms with Crippen LogP contribution >= 0.6 is 0 Å². The number of anilines is 2. The van der Waals surface area contributed by atoms with Crippen LogP contribution < -0.4 is 11.1 Å². The van der Waals surface area contributed by atoms with Gasteiger partial charge in [-0.25, -0.2) is 4.98 Å². The molecule has 0 aliphatic rings. The lowest BCUT2D eigenvalue weighted by Crippen LogP contribution is -2.10. The van der Waals surface area contributed by atoms with Crippen molar-refractivity contribution >= 4 is 11.5 Å². The smallest absolute Gasteiger partial charge is 0.123 e. The number of hydrogen-bond acceptors (Lipinski definition) is 4. The van der Waals surface area contributed by atoms with Crippen LogP contribution in [0.15, 0.2) is 36.8 Å². The van der Waals surface area contributed by atoms with Crippen LogP contribution in [0.4, 0.5) is 11.5 Å². The first-order valence-electron chi connectivity index (χ1n) is 4.77. The second-order valence-corrected chi connectivity index (χ2v) is 3.17. The summed E-state index contributed by atoms with van der Waals surface area (Å²) in [6.45, 7) is 1.64. The molecule has 2 aromatic heterocycles. The van der Waals surface area contributed by atoms with Crippen molar-refractivity contribution < 1.29 is 0 Å². The van der Waals surface area contributed by atoms with Crippen molar-refractivity contribution in [2.45, 2.75) is 6.54 Å². The summed E-state index contributed by atoms with van der Waals surface area (Å²) in [5.74, 6) is 0.535. The van der Waals surface area contributed by atoms with Gasteiger partial charge in [0.1, 0.15) is 5.82 Å². The Bertz CT molecular complexity index is 392. The number of rotatable bonds is 4. The third-order valence-corrected chi connectivity index (χ3v) is 2.02. The molecule has 0 fully saturated rings. The van der Waals surface area contributed by atoms with Gasteiger partial charge in [0, 0.05) is 18.9 Å². The molecule has 2 aromatic rings. The van der Waals surface area contributed by atoms with Gasteiger partial charge in [-0.2, -0.15) is 5.10 Å². The Hall–Kier alpha value is -2.04. The molecule has 0 spiro atoms. The quantitative estimate of drug-likeness (QED) is 0.777. The molecule has 0 amide bonds. The molecule has 15 heavy (non-hydrogen) atoms. The first-order valence-corrected chi connectivity index (χ1v) is 4.77. The third-order valence-electron chi connectivity index (χ3n) is 2.02. The van der Waals surface area contributed by atoms with Crippen molar-refractivity contribution in [1.29, 1.82) is 0 Å². The Morgan fingerprint density at radius 2 is 2.33 bits per heavy atom. The zero-order valence-corrected chi connectivity index (χ0v) is 8.30. The summed E-state index contributed by atoms with van der Waals surface area (Å²) in [5, 5.41) is 7.33. The second-order valence-electron chi connectivity index (χ2n) is 3.17. The molecule has 78 valence electrons. The highest BCUT2D eigenvalue weighted by molar-refractivity contribution is 5.45. The number of hydrogen-bond donors (Lipinski definition) is 2. The van der Waals surface area contributed by atoms with E-state index in [1.165, 1.54) is 0 Å². The Morgan fingerprint density at radius 3 is 3.00 bits per heavy atom. The van der Waals surface area contributed by atoms with Crippen molar-refractivity contribution in [3.63, 3.8) is 0 Å². The van der Waals surface area contributed by atoms with E-state index in [4.69, 9.17) is 5.73 Å². The lowest BCUT2D eigenvalue weighted by Gasteiger charge is -2.05. The zero-order chi connectivity index (χ0) is 10.5. The number of nitrogens with zero attached hydrogens (tertiary/aromatic N) is 3. The van der Waals surface area contributed by atoms with Crippen LogP contribution in [-0.2, 0) is 6.54 Å². The maximum Gasteiger partial charge on any atom is 0.123 e. The molecule has 0 unspecified atom stereocenters. The molecular formula is C10H13N5. The summed E-state index contributed by atoms with van der Waals surface area (Å²) in [4.78, 5) is 3.99. The highest BCUT2D eigenvalue weighted by atomic mass is 15.3. The normalized spacial score (nSPS) is 10.1. The number of nitrogen functional groups attached to an aromatic ring is 1. The summed E-state index contributed by atoms with van der Waals surface area (Å²) in [6.07, 6.45) is 5.42. The van der Waals surface area contributed by atoms with E-state index in [1.54, 1.807) is 18.5 Å². The standard InChI is InChI=1S/C10H13N5/c11-10-3-2-9(8-13-10)12-5-7-15-6-1-4-14-15/h1-4,6,8,12H,5,7H2,(H2,11,13). The molecule has 0 aliphatic heterocycles. The van der Waals surface area contributed by atoms with Crippen molar-refractivity contribution in [3.05, 3.63) is 36.8 Å². The van der Waals surface area contributed by atoms with E-state index in [0.29, 0.717) is 5.82 Å². The van der Waals surface area contributed by atoms with Crippen LogP contribution in [-0.4, -0.2) is 21.3 Å². The average molecular weight is 203 g/mol. The number of nitrogens with two attached hydrogens (primary N) is 1. The maximum absolute atomic E-state index is 5.48. The predicted molar refractivity (Wildman–Crippen MR) is 59.4 cm³/mol. The van der Waals surface area contributed by atoms with Crippen LogP contribution in [0.3, 0.4) is 0 Å². The molecule has 0 radical (unpaired) electrons. The summed E-state index contributed by atoms with van der Waals surface area (Å²) in [5.41, 5.74) is 6.45. The molecule has 0 saturated carbocycles. The van der Waals surface area contributed by atoms with Crippen LogP contribution in [0.5, 0.6) is 0 Å². The van der Waals surface area contributed by atoms with Crippen LogP contribution in [0, 0.1) is 0 Å². The van der Waals surface area contributed by atoms with Gasteiger partial charge in [-0.15, -0.1) is 0 Å². The number of nitrogens with one attached hydrogen (secondary N) is 1. The average Bonchev–Trinajstić information content (AvgIpc) is 2.74. The first-order chi connectivity index (χ1) is 7.34. The van der Waals surface area contributed by atoms with Gasteiger partial charge in [0.15, 0.2) is 0 Å². The van der Waals surface area contributed by atoms with E-state index in [1.807, 2.05) is 23.0 Å². The molecule has 5 heteroatoms. The minimum atomic E-state index is 0.535. The van der Waals surface area contributed by atoms with Gasteiger partial charge in [-0.05, 0) is 18.2 Å². The topological polar surface area (TPSA) is 68.8 Å². The van der Waals surface area contributed by atoms with Gasteiger partial charge in [-0.3, -0.25) is 4.68 Å². The van der Waals surface area contributed by atoms with Crippen molar-refractivity contribution in [3.8, 4) is 0 Å². The van der Waals surface area contributed by atoms with Gasteiger partial charge in [-0.1, -0.05) is 0 Å². The third kappa shape index (κ3) is 2.70. The number of aromatic nitrogens is 3. The molecule has 3 N–H and O–H groups in total. The van der Waals surface area contributed by atoms with Gasteiger partial charge in [0.05, 0.1) is 18.4 Å². The van der Waals surface area contributed by atoms with Gasteiger partial charge >= 0.3 is 0 Å². The Kier molecular flexibility index (Phi) is 2.82. The molecule has 2 rings (SSSR count). The van der Waals surface area contributed by atoms with Crippen LogP contribution in [0.25, 0.3) is 0 Å². The molecule has 0 bridgehead atoms. The summed E-state index contributed by atoms with van der Waals surface area (Å²) >= 11 is 0. The number of pyridine rings is 1. The minimum absolute atomic E-state index is 0.535. The summed E-state index contributed by atoms with van der Waals surface area (Å²) < 4.78 is 1.87. The Balaban J connectivity index is 1.81. The first kappa shape index (κ1) is 9.51. The Morgan fingerprint density at radius 1 is 1.40 bits per heavy atom. The van der Waals surface area contributed by atoms with E-state index in [0.717, 1.165) is 18.8 Å². The molecule has 0 saturated heterocycles. The molecular weight excluding hydrogens is 190 g/mol. The SMILES string of the molecule is Nc1ccc(NCCn2cccn2)cn1. The highest BCUT2D eigenvalue weighted by Crippen LogP contribution is 2.06. The Labute approximate surface area is 87.9 Å². The molecule has 2 heterocycles. The maximum atomic E-state index is 5.48. The zero-order valence-electron chi connectivity index (χ0n) is 8.30. The van der Waals surface area contributed by atoms with E-state index in [2.05, 4.69) is 15.4 Å².